The number of amides is 1. The topological polar surface area (TPSA) is 59.8 Å². The Morgan fingerprint density at radius 2 is 2.10 bits per heavy atom. The molecule has 0 bridgehead atoms. The van der Waals surface area contributed by atoms with E-state index in [2.05, 4.69) is 15.3 Å². The lowest BCUT2D eigenvalue weighted by Crippen LogP contribution is -2.14. The summed E-state index contributed by atoms with van der Waals surface area (Å²) in [5, 5.41) is 3.72. The van der Waals surface area contributed by atoms with Crippen LogP contribution in [0.15, 0.2) is 64.4 Å². The van der Waals surface area contributed by atoms with Gasteiger partial charge in [-0.1, -0.05) is 41.7 Å². The quantitative estimate of drug-likeness (QED) is 0.398. The predicted molar refractivity (Wildman–Crippen MR) is 118 cm³/mol. The maximum atomic E-state index is 13.8. The minimum atomic E-state index is -0.200. The number of benzene rings is 2. The third-order valence-electron chi connectivity index (χ3n) is 4.07. The summed E-state index contributed by atoms with van der Waals surface area (Å²) in [6, 6.07) is 12.4. The molecule has 29 heavy (non-hydrogen) atoms. The molecule has 0 saturated heterocycles. The Bertz CT molecular complexity index is 1160. The van der Waals surface area contributed by atoms with Crippen LogP contribution in [-0.2, 0) is 17.6 Å². The molecular weight excluding hydrogens is 427 g/mol. The number of rotatable bonds is 7. The summed E-state index contributed by atoms with van der Waals surface area (Å²) >= 11 is 4.44. The summed E-state index contributed by atoms with van der Waals surface area (Å²) in [6.07, 6.45) is 3.56. The van der Waals surface area contributed by atoms with Crippen LogP contribution >= 0.6 is 34.9 Å². The van der Waals surface area contributed by atoms with E-state index in [4.69, 9.17) is 0 Å². The normalized spacial score (nSPS) is 11.1. The van der Waals surface area contributed by atoms with Crippen molar-refractivity contribution >= 4 is 56.7 Å². The van der Waals surface area contributed by atoms with Crippen molar-refractivity contribution in [2.24, 2.45) is 7.05 Å². The predicted octanol–water partition coefficient (Wildman–Crippen LogP) is 5.19. The van der Waals surface area contributed by atoms with Crippen molar-refractivity contribution in [1.29, 1.82) is 0 Å². The number of nitrogens with zero attached hydrogens (tertiary/aromatic N) is 3. The third-order valence-corrected chi connectivity index (χ3v) is 7.34. The molecule has 0 radical (unpaired) electrons. The fourth-order valence-electron chi connectivity index (χ4n) is 2.62. The second kappa shape index (κ2) is 8.98. The van der Waals surface area contributed by atoms with Gasteiger partial charge in [-0.05, 0) is 29.8 Å². The van der Waals surface area contributed by atoms with E-state index in [-0.39, 0.29) is 17.5 Å². The number of hydrogen-bond acceptors (Lipinski definition) is 6. The minimum Gasteiger partial charge on any atom is -0.329 e. The van der Waals surface area contributed by atoms with E-state index in [0.717, 1.165) is 25.4 Å². The molecule has 0 fully saturated rings. The maximum absolute atomic E-state index is 13.8. The van der Waals surface area contributed by atoms with Crippen LogP contribution in [0.3, 0.4) is 0 Å². The molecular formula is C20H17FN4OS3. The number of fused-ring (bicyclic) bond motifs is 1. The Morgan fingerprint density at radius 3 is 2.90 bits per heavy atom. The number of halogens is 1. The number of aryl methyl sites for hydroxylation is 1. The van der Waals surface area contributed by atoms with Crippen molar-refractivity contribution in [3.63, 3.8) is 0 Å². The standard InChI is InChI=1S/C20H17FN4OS3/c1-25-9-8-22-19(25)27-12-18(26)23-14-6-7-16-17(10-14)29-20(24-16)28-11-13-4-2-3-5-15(13)21/h2-10H,11-12H2,1H3,(H,23,26). The molecule has 4 aromatic rings. The molecule has 0 aliphatic rings. The number of hydrogen-bond donors (Lipinski definition) is 1. The van der Waals surface area contributed by atoms with Crippen LogP contribution in [0.1, 0.15) is 5.56 Å². The first-order valence-electron chi connectivity index (χ1n) is 8.75. The molecule has 0 spiro atoms. The van der Waals surface area contributed by atoms with Gasteiger partial charge in [0.25, 0.3) is 0 Å². The van der Waals surface area contributed by atoms with Gasteiger partial charge in [0.2, 0.25) is 5.91 Å². The zero-order valence-electron chi connectivity index (χ0n) is 15.5. The maximum Gasteiger partial charge on any atom is 0.234 e. The van der Waals surface area contributed by atoms with Gasteiger partial charge in [-0.3, -0.25) is 4.79 Å². The first-order valence-corrected chi connectivity index (χ1v) is 11.5. The van der Waals surface area contributed by atoms with Gasteiger partial charge in [-0.15, -0.1) is 11.3 Å². The molecule has 2 aromatic carbocycles. The molecule has 1 N–H and O–H groups in total. The summed E-state index contributed by atoms with van der Waals surface area (Å²) in [5.74, 6) is 0.529. The highest BCUT2D eigenvalue weighted by Crippen LogP contribution is 2.33. The van der Waals surface area contributed by atoms with Gasteiger partial charge in [0.15, 0.2) is 9.50 Å². The van der Waals surface area contributed by atoms with Gasteiger partial charge in [0.05, 0.1) is 16.0 Å². The lowest BCUT2D eigenvalue weighted by atomic mass is 10.2. The molecule has 0 unspecified atom stereocenters. The van der Waals surface area contributed by atoms with E-state index in [0.29, 0.717) is 11.3 Å². The summed E-state index contributed by atoms with van der Waals surface area (Å²) < 4.78 is 17.5. The Morgan fingerprint density at radius 1 is 1.24 bits per heavy atom. The van der Waals surface area contributed by atoms with E-state index in [1.807, 2.05) is 42.1 Å². The molecule has 2 aromatic heterocycles. The van der Waals surface area contributed by atoms with Crippen LogP contribution in [0.4, 0.5) is 10.1 Å². The number of thiazole rings is 1. The van der Waals surface area contributed by atoms with Gasteiger partial charge >= 0.3 is 0 Å². The third kappa shape index (κ3) is 4.98. The summed E-state index contributed by atoms with van der Waals surface area (Å²) in [6.45, 7) is 0. The van der Waals surface area contributed by atoms with E-state index in [9.17, 15) is 9.18 Å². The van der Waals surface area contributed by atoms with Gasteiger partial charge in [-0.2, -0.15) is 0 Å². The zero-order chi connectivity index (χ0) is 20.2. The number of nitrogens with one attached hydrogen (secondary N) is 1. The highest BCUT2D eigenvalue weighted by Gasteiger charge is 2.10. The smallest absolute Gasteiger partial charge is 0.234 e. The average molecular weight is 445 g/mol. The van der Waals surface area contributed by atoms with Crippen molar-refractivity contribution in [2.75, 3.05) is 11.1 Å². The van der Waals surface area contributed by atoms with Crippen molar-refractivity contribution < 1.29 is 9.18 Å². The molecule has 0 saturated carbocycles. The number of anilines is 1. The minimum absolute atomic E-state index is 0.0870. The van der Waals surface area contributed by atoms with E-state index < -0.39 is 0 Å². The molecule has 0 atom stereocenters. The van der Waals surface area contributed by atoms with Crippen molar-refractivity contribution in [2.45, 2.75) is 15.2 Å². The van der Waals surface area contributed by atoms with Gasteiger partial charge < -0.3 is 9.88 Å². The number of carbonyl (C=O) groups is 1. The monoisotopic (exact) mass is 444 g/mol. The number of imidazole rings is 1. The Kier molecular flexibility index (Phi) is 6.17. The van der Waals surface area contributed by atoms with Crippen LogP contribution in [-0.4, -0.2) is 26.2 Å². The lowest BCUT2D eigenvalue weighted by molar-refractivity contribution is -0.113. The average Bonchev–Trinajstić information content (AvgIpc) is 3.31. The molecule has 1 amide bonds. The van der Waals surface area contributed by atoms with Crippen molar-refractivity contribution in [1.82, 2.24) is 14.5 Å². The Balaban J connectivity index is 1.38. The van der Waals surface area contributed by atoms with Crippen LogP contribution in [0.25, 0.3) is 10.2 Å². The van der Waals surface area contributed by atoms with Crippen LogP contribution in [0.2, 0.25) is 0 Å². The van der Waals surface area contributed by atoms with Gasteiger partial charge in [0.1, 0.15) is 5.82 Å². The molecule has 2 heterocycles. The Labute approximate surface area is 179 Å². The second-order valence-electron chi connectivity index (χ2n) is 6.20. The molecule has 4 rings (SSSR count). The fourth-order valence-corrected chi connectivity index (χ4v) is 5.44. The van der Waals surface area contributed by atoms with E-state index in [1.165, 1.54) is 40.9 Å². The Hall–Kier alpha value is -2.36. The summed E-state index contributed by atoms with van der Waals surface area (Å²) in [4.78, 5) is 21.0. The van der Waals surface area contributed by atoms with Gasteiger partial charge in [0, 0.05) is 30.9 Å². The fraction of sp³-hybridized carbons (Fsp3) is 0.150. The SMILES string of the molecule is Cn1ccnc1SCC(=O)Nc1ccc2nc(SCc3ccccc3F)sc2c1. The van der Waals surface area contributed by atoms with Crippen LogP contribution in [0, 0.1) is 5.82 Å². The van der Waals surface area contributed by atoms with E-state index in [1.54, 1.807) is 18.3 Å². The largest absolute Gasteiger partial charge is 0.329 e. The van der Waals surface area contributed by atoms with Crippen molar-refractivity contribution in [3.05, 3.63) is 66.2 Å². The molecule has 0 aliphatic carbocycles. The number of carbonyl (C=O) groups excluding carboxylic acids is 1. The highest BCUT2D eigenvalue weighted by molar-refractivity contribution is 8.00. The zero-order valence-corrected chi connectivity index (χ0v) is 17.9. The molecule has 0 aliphatic heterocycles. The van der Waals surface area contributed by atoms with Crippen LogP contribution in [0.5, 0.6) is 0 Å². The molecule has 5 nitrogen and oxygen atoms in total. The number of aromatic nitrogens is 3. The van der Waals surface area contributed by atoms with Crippen molar-refractivity contribution in [3.8, 4) is 0 Å². The second-order valence-corrected chi connectivity index (χ2v) is 9.40. The van der Waals surface area contributed by atoms with Crippen LogP contribution < -0.4 is 5.32 Å². The molecule has 9 heteroatoms. The lowest BCUT2D eigenvalue weighted by Gasteiger charge is -2.05. The number of thioether (sulfide) groups is 2. The highest BCUT2D eigenvalue weighted by atomic mass is 32.2. The first kappa shape index (κ1) is 19.9. The van der Waals surface area contributed by atoms with E-state index >= 15 is 0 Å². The van der Waals surface area contributed by atoms with Gasteiger partial charge in [-0.25, -0.2) is 14.4 Å². The molecule has 148 valence electrons. The summed E-state index contributed by atoms with van der Waals surface area (Å²) in [7, 11) is 1.90. The first-order chi connectivity index (χ1) is 14.1. The summed E-state index contributed by atoms with van der Waals surface area (Å²) in [5.41, 5.74) is 2.26.